The average molecular weight is 583 g/mol. The molecule has 7 rings (SSSR count). The smallest absolute Gasteiger partial charge is 0.0900 e. The van der Waals surface area contributed by atoms with Gasteiger partial charge in [0.15, 0.2) is 0 Å². The van der Waals surface area contributed by atoms with E-state index in [0.29, 0.717) is 0 Å². The standard InChI is InChI=1S/C39H30N6/c1-25-20-26(2)39(29-23-36(32-14-6-10-18-42-32)45-37(24-29)33-15-7-11-19-43-33)27(3)38(25)28-21-34(30-12-4-8-16-40-30)44-35(22-28)31-13-5-9-17-41-31/h4-24H,1-3H3. The van der Waals surface area contributed by atoms with Crippen LogP contribution in [0.3, 0.4) is 0 Å². The normalized spacial score (nSPS) is 11.0. The molecule has 0 atom stereocenters. The Hall–Kier alpha value is -5.88. The Morgan fingerprint density at radius 3 is 0.933 bits per heavy atom. The average Bonchev–Trinajstić information content (AvgIpc) is 3.09. The van der Waals surface area contributed by atoms with E-state index in [0.717, 1.165) is 67.8 Å². The van der Waals surface area contributed by atoms with Gasteiger partial charge in [0, 0.05) is 24.8 Å². The minimum absolute atomic E-state index is 0.800. The van der Waals surface area contributed by atoms with E-state index in [-0.39, 0.29) is 0 Å². The van der Waals surface area contributed by atoms with Gasteiger partial charge in [-0.25, -0.2) is 9.97 Å². The molecule has 0 bridgehead atoms. The number of benzene rings is 1. The minimum Gasteiger partial charge on any atom is -0.255 e. The van der Waals surface area contributed by atoms with E-state index in [1.807, 2.05) is 72.8 Å². The zero-order chi connectivity index (χ0) is 30.8. The van der Waals surface area contributed by atoms with Crippen LogP contribution in [-0.4, -0.2) is 29.9 Å². The zero-order valence-corrected chi connectivity index (χ0v) is 25.3. The molecule has 0 radical (unpaired) electrons. The lowest BCUT2D eigenvalue weighted by Gasteiger charge is -2.20. The van der Waals surface area contributed by atoms with Gasteiger partial charge in [0.05, 0.1) is 45.6 Å². The first-order valence-electron chi connectivity index (χ1n) is 14.9. The highest BCUT2D eigenvalue weighted by Gasteiger charge is 2.19. The largest absolute Gasteiger partial charge is 0.255 e. The first-order chi connectivity index (χ1) is 22.0. The Morgan fingerprint density at radius 2 is 0.667 bits per heavy atom. The van der Waals surface area contributed by atoms with Crippen molar-refractivity contribution in [2.24, 2.45) is 0 Å². The molecule has 45 heavy (non-hydrogen) atoms. The molecular weight excluding hydrogens is 552 g/mol. The minimum atomic E-state index is 0.800. The fraction of sp³-hybridized carbons (Fsp3) is 0.0769. The Kier molecular flexibility index (Phi) is 7.46. The first kappa shape index (κ1) is 27.9. The number of nitrogens with zero attached hydrogens (tertiary/aromatic N) is 6. The summed E-state index contributed by atoms with van der Waals surface area (Å²) in [6.45, 7) is 6.55. The summed E-state index contributed by atoms with van der Waals surface area (Å²) in [6.07, 6.45) is 7.19. The van der Waals surface area contributed by atoms with Crippen LogP contribution < -0.4 is 0 Å². The number of hydrogen-bond donors (Lipinski definition) is 0. The van der Waals surface area contributed by atoms with Crippen molar-refractivity contribution >= 4 is 0 Å². The molecule has 0 aliphatic heterocycles. The number of aryl methyl sites for hydroxylation is 2. The highest BCUT2D eigenvalue weighted by molar-refractivity contribution is 5.87. The van der Waals surface area contributed by atoms with Crippen LogP contribution in [0.15, 0.2) is 128 Å². The first-order valence-corrected chi connectivity index (χ1v) is 14.9. The van der Waals surface area contributed by atoms with Gasteiger partial charge in [0.2, 0.25) is 0 Å². The summed E-state index contributed by atoms with van der Waals surface area (Å²) in [5.74, 6) is 0. The van der Waals surface area contributed by atoms with E-state index in [4.69, 9.17) is 9.97 Å². The van der Waals surface area contributed by atoms with E-state index in [2.05, 4.69) is 71.0 Å². The van der Waals surface area contributed by atoms with Crippen LogP contribution in [0.5, 0.6) is 0 Å². The molecule has 0 saturated heterocycles. The third-order valence-corrected chi connectivity index (χ3v) is 7.91. The van der Waals surface area contributed by atoms with Crippen molar-refractivity contribution in [1.29, 1.82) is 0 Å². The second-order valence-corrected chi connectivity index (χ2v) is 11.0. The van der Waals surface area contributed by atoms with Crippen molar-refractivity contribution in [1.82, 2.24) is 29.9 Å². The molecule has 1 aromatic carbocycles. The lowest BCUT2D eigenvalue weighted by atomic mass is 9.85. The van der Waals surface area contributed by atoms with Crippen LogP contribution in [0.1, 0.15) is 16.7 Å². The SMILES string of the molecule is Cc1cc(C)c(-c2cc(-c3ccccn3)nc(-c3ccccn3)c2)c(C)c1-c1cc(-c2ccccn2)nc(-c2ccccn2)c1. The van der Waals surface area contributed by atoms with Crippen molar-refractivity contribution in [3.63, 3.8) is 0 Å². The quantitative estimate of drug-likeness (QED) is 0.195. The highest BCUT2D eigenvalue weighted by Crippen LogP contribution is 2.40. The Morgan fingerprint density at radius 1 is 0.356 bits per heavy atom. The third-order valence-electron chi connectivity index (χ3n) is 7.91. The van der Waals surface area contributed by atoms with E-state index >= 15 is 0 Å². The van der Waals surface area contributed by atoms with Crippen LogP contribution >= 0.6 is 0 Å². The van der Waals surface area contributed by atoms with Crippen LogP contribution in [0.25, 0.3) is 67.8 Å². The molecule has 0 fully saturated rings. The molecule has 0 aliphatic rings. The Bertz CT molecular complexity index is 1850. The predicted octanol–water partition coefficient (Wildman–Crippen LogP) is 8.98. The van der Waals surface area contributed by atoms with Gasteiger partial charge in [-0.2, -0.15) is 0 Å². The second-order valence-electron chi connectivity index (χ2n) is 11.0. The van der Waals surface area contributed by atoms with E-state index < -0.39 is 0 Å². The second kappa shape index (κ2) is 12.0. The summed E-state index contributed by atoms with van der Waals surface area (Å²) < 4.78 is 0. The van der Waals surface area contributed by atoms with Crippen LogP contribution in [0.2, 0.25) is 0 Å². The van der Waals surface area contributed by atoms with E-state index in [1.165, 1.54) is 16.7 Å². The number of hydrogen-bond acceptors (Lipinski definition) is 6. The van der Waals surface area contributed by atoms with E-state index in [9.17, 15) is 0 Å². The number of aromatic nitrogens is 6. The molecule has 0 amide bonds. The molecular formula is C39H30N6. The van der Waals surface area contributed by atoms with Crippen molar-refractivity contribution in [2.75, 3.05) is 0 Å². The lowest BCUT2D eigenvalue weighted by molar-refractivity contribution is 1.21. The van der Waals surface area contributed by atoms with Crippen LogP contribution in [-0.2, 0) is 0 Å². The van der Waals surface area contributed by atoms with Gasteiger partial charge in [0.25, 0.3) is 0 Å². The maximum Gasteiger partial charge on any atom is 0.0900 e. The third kappa shape index (κ3) is 5.61. The van der Waals surface area contributed by atoms with Gasteiger partial charge in [-0.3, -0.25) is 19.9 Å². The Balaban J connectivity index is 1.46. The molecule has 6 aromatic heterocycles. The predicted molar refractivity (Wildman–Crippen MR) is 180 cm³/mol. The molecule has 0 spiro atoms. The molecule has 0 aliphatic carbocycles. The van der Waals surface area contributed by atoms with Gasteiger partial charge in [0.1, 0.15) is 0 Å². The monoisotopic (exact) mass is 582 g/mol. The lowest BCUT2D eigenvalue weighted by Crippen LogP contribution is -2.00. The topological polar surface area (TPSA) is 77.3 Å². The number of pyridine rings is 6. The van der Waals surface area contributed by atoms with E-state index in [1.54, 1.807) is 24.8 Å². The fourth-order valence-corrected chi connectivity index (χ4v) is 6.01. The Labute approximate surface area is 262 Å². The van der Waals surface area contributed by atoms with Crippen molar-refractivity contribution < 1.29 is 0 Å². The molecule has 0 saturated carbocycles. The van der Waals surface area contributed by atoms with Crippen molar-refractivity contribution in [3.05, 3.63) is 145 Å². The molecule has 6 heteroatoms. The molecule has 6 nitrogen and oxygen atoms in total. The number of rotatable bonds is 6. The van der Waals surface area contributed by atoms with Gasteiger partial charge in [-0.1, -0.05) is 30.3 Å². The maximum absolute atomic E-state index is 5.00. The molecule has 0 unspecified atom stereocenters. The molecule has 216 valence electrons. The summed E-state index contributed by atoms with van der Waals surface area (Å²) in [5.41, 5.74) is 14.4. The highest BCUT2D eigenvalue weighted by atomic mass is 14.8. The molecule has 6 heterocycles. The van der Waals surface area contributed by atoms with Gasteiger partial charge in [-0.05, 0) is 133 Å². The van der Waals surface area contributed by atoms with Crippen LogP contribution in [0, 0.1) is 20.8 Å². The molecule has 0 N–H and O–H groups in total. The van der Waals surface area contributed by atoms with Gasteiger partial charge in [-0.15, -0.1) is 0 Å². The van der Waals surface area contributed by atoms with Gasteiger partial charge < -0.3 is 0 Å². The summed E-state index contributed by atoms with van der Waals surface area (Å²) >= 11 is 0. The van der Waals surface area contributed by atoms with Crippen LogP contribution in [0.4, 0.5) is 0 Å². The summed E-state index contributed by atoms with van der Waals surface area (Å²) in [4.78, 5) is 28.5. The summed E-state index contributed by atoms with van der Waals surface area (Å²) in [5, 5.41) is 0. The summed E-state index contributed by atoms with van der Waals surface area (Å²) in [6, 6.07) is 34.4. The van der Waals surface area contributed by atoms with Crippen molar-refractivity contribution in [2.45, 2.75) is 20.8 Å². The summed E-state index contributed by atoms with van der Waals surface area (Å²) in [7, 11) is 0. The van der Waals surface area contributed by atoms with Gasteiger partial charge >= 0.3 is 0 Å². The maximum atomic E-state index is 5.00. The fourth-order valence-electron chi connectivity index (χ4n) is 6.01. The zero-order valence-electron chi connectivity index (χ0n) is 25.3. The van der Waals surface area contributed by atoms with Crippen molar-refractivity contribution in [3.8, 4) is 67.8 Å². The molecule has 7 aromatic rings.